The SMILES string of the molecule is N/C=C/C=C\C=C/NN. The van der Waals surface area contributed by atoms with Crippen LogP contribution < -0.4 is 17.0 Å². The van der Waals surface area contributed by atoms with E-state index in [4.69, 9.17) is 11.6 Å². The molecule has 9 heavy (non-hydrogen) atoms. The van der Waals surface area contributed by atoms with E-state index in [1.807, 2.05) is 6.08 Å². The van der Waals surface area contributed by atoms with Crippen molar-refractivity contribution in [3.63, 3.8) is 0 Å². The summed E-state index contributed by atoms with van der Waals surface area (Å²) in [4.78, 5) is 0. The highest BCUT2D eigenvalue weighted by Crippen LogP contribution is 1.74. The first-order valence-corrected chi connectivity index (χ1v) is 2.58. The first kappa shape index (κ1) is 7.78. The van der Waals surface area contributed by atoms with Crippen molar-refractivity contribution in [3.05, 3.63) is 36.7 Å². The van der Waals surface area contributed by atoms with Gasteiger partial charge in [-0.2, -0.15) is 0 Å². The van der Waals surface area contributed by atoms with E-state index >= 15 is 0 Å². The molecule has 0 atom stereocenters. The van der Waals surface area contributed by atoms with Crippen molar-refractivity contribution in [1.82, 2.24) is 5.43 Å². The number of nitrogens with one attached hydrogen (secondary N) is 1. The second-order valence-electron chi connectivity index (χ2n) is 1.30. The maximum atomic E-state index is 5.05. The Hall–Kier alpha value is -1.22. The minimum Gasteiger partial charge on any atom is -0.405 e. The highest BCUT2D eigenvalue weighted by molar-refractivity contribution is 5.09. The molecule has 0 saturated carbocycles. The van der Waals surface area contributed by atoms with Crippen LogP contribution in [0.1, 0.15) is 0 Å². The largest absolute Gasteiger partial charge is 0.405 e. The molecule has 0 aromatic carbocycles. The van der Waals surface area contributed by atoms with Crippen molar-refractivity contribution in [2.75, 3.05) is 0 Å². The number of hydrogen-bond donors (Lipinski definition) is 3. The normalized spacial score (nSPS) is 12.1. The van der Waals surface area contributed by atoms with Crippen LogP contribution in [0.4, 0.5) is 0 Å². The summed E-state index contributed by atoms with van der Waals surface area (Å²) in [6.45, 7) is 0. The Morgan fingerprint density at radius 2 is 1.67 bits per heavy atom. The van der Waals surface area contributed by atoms with E-state index in [1.165, 1.54) is 6.20 Å². The molecule has 0 amide bonds. The third-order valence-corrected chi connectivity index (χ3v) is 0.637. The van der Waals surface area contributed by atoms with E-state index in [2.05, 4.69) is 5.43 Å². The van der Waals surface area contributed by atoms with Crippen LogP contribution in [0.2, 0.25) is 0 Å². The smallest absolute Gasteiger partial charge is 0.0123 e. The molecule has 0 aromatic heterocycles. The summed E-state index contributed by atoms with van der Waals surface area (Å²) in [5, 5.41) is 0. The number of hydrazine groups is 1. The Labute approximate surface area is 54.7 Å². The van der Waals surface area contributed by atoms with Gasteiger partial charge in [0.25, 0.3) is 0 Å². The van der Waals surface area contributed by atoms with Gasteiger partial charge in [-0.3, -0.25) is 5.84 Å². The van der Waals surface area contributed by atoms with Gasteiger partial charge in [-0.1, -0.05) is 12.2 Å². The Morgan fingerprint density at radius 3 is 2.22 bits per heavy atom. The van der Waals surface area contributed by atoms with Crippen LogP contribution in [-0.2, 0) is 0 Å². The number of nitrogens with two attached hydrogens (primary N) is 2. The fourth-order valence-electron chi connectivity index (χ4n) is 0.304. The van der Waals surface area contributed by atoms with Crippen LogP contribution in [0.5, 0.6) is 0 Å². The molecule has 0 spiro atoms. The van der Waals surface area contributed by atoms with E-state index in [9.17, 15) is 0 Å². The summed E-state index contributed by atoms with van der Waals surface area (Å²) in [5.41, 5.74) is 7.40. The average Bonchev–Trinajstić information content (AvgIpc) is 1.89. The average molecular weight is 125 g/mol. The lowest BCUT2D eigenvalue weighted by Gasteiger charge is -1.79. The van der Waals surface area contributed by atoms with Crippen molar-refractivity contribution in [3.8, 4) is 0 Å². The minimum atomic E-state index is 1.46. The molecule has 0 saturated heterocycles. The molecular formula is C6H11N3. The monoisotopic (exact) mass is 125 g/mol. The van der Waals surface area contributed by atoms with Crippen LogP contribution >= 0.6 is 0 Å². The third kappa shape index (κ3) is 6.78. The van der Waals surface area contributed by atoms with Gasteiger partial charge in [-0.15, -0.1) is 0 Å². The van der Waals surface area contributed by atoms with Crippen molar-refractivity contribution in [1.29, 1.82) is 0 Å². The van der Waals surface area contributed by atoms with Gasteiger partial charge >= 0.3 is 0 Å². The topological polar surface area (TPSA) is 64.1 Å². The van der Waals surface area contributed by atoms with Gasteiger partial charge in [-0.05, 0) is 18.4 Å². The molecule has 0 aliphatic carbocycles. The van der Waals surface area contributed by atoms with Crippen LogP contribution in [0.3, 0.4) is 0 Å². The Morgan fingerprint density at radius 1 is 1.00 bits per heavy atom. The molecule has 0 aromatic rings. The summed E-state index contributed by atoms with van der Waals surface area (Å²) in [6.07, 6.45) is 10.2. The van der Waals surface area contributed by atoms with Gasteiger partial charge in [0.15, 0.2) is 0 Å². The second-order valence-corrected chi connectivity index (χ2v) is 1.30. The fraction of sp³-hybridized carbons (Fsp3) is 0. The fourth-order valence-corrected chi connectivity index (χ4v) is 0.304. The van der Waals surface area contributed by atoms with Crippen molar-refractivity contribution >= 4 is 0 Å². The van der Waals surface area contributed by atoms with Gasteiger partial charge in [0, 0.05) is 6.20 Å². The number of rotatable bonds is 3. The van der Waals surface area contributed by atoms with Crippen LogP contribution in [0, 0.1) is 0 Å². The summed E-state index contributed by atoms with van der Waals surface area (Å²) < 4.78 is 0. The van der Waals surface area contributed by atoms with E-state index in [1.54, 1.807) is 24.4 Å². The molecule has 0 rings (SSSR count). The molecule has 0 aliphatic rings. The molecule has 0 bridgehead atoms. The highest BCUT2D eigenvalue weighted by atomic mass is 15.2. The Balaban J connectivity index is 3.35. The minimum absolute atomic E-state index is 1.46. The lowest BCUT2D eigenvalue weighted by atomic mass is 10.4. The van der Waals surface area contributed by atoms with Crippen LogP contribution in [0.15, 0.2) is 36.7 Å². The quantitative estimate of drug-likeness (QED) is 0.282. The first-order valence-electron chi connectivity index (χ1n) is 2.58. The van der Waals surface area contributed by atoms with Gasteiger partial charge in [-0.25, -0.2) is 0 Å². The van der Waals surface area contributed by atoms with Crippen LogP contribution in [-0.4, -0.2) is 0 Å². The van der Waals surface area contributed by atoms with Crippen molar-refractivity contribution in [2.45, 2.75) is 0 Å². The zero-order valence-corrected chi connectivity index (χ0v) is 5.12. The summed E-state index contributed by atoms with van der Waals surface area (Å²) >= 11 is 0. The molecule has 3 nitrogen and oxygen atoms in total. The highest BCUT2D eigenvalue weighted by Gasteiger charge is 1.58. The lowest BCUT2D eigenvalue weighted by Crippen LogP contribution is -2.12. The standard InChI is InChI=1S/C6H11N3/c7-5-3-1-2-4-6-9-8/h1-6,9H,7-8H2/b2-1-,5-3+,6-4-. The van der Waals surface area contributed by atoms with Gasteiger partial charge in [0.1, 0.15) is 0 Å². The number of allylic oxidation sites excluding steroid dienone is 4. The van der Waals surface area contributed by atoms with E-state index in [0.717, 1.165) is 0 Å². The molecule has 3 heteroatoms. The second kappa shape index (κ2) is 6.78. The van der Waals surface area contributed by atoms with E-state index in [0.29, 0.717) is 0 Å². The summed E-state index contributed by atoms with van der Waals surface area (Å²) in [7, 11) is 0. The molecule has 0 aliphatic heterocycles. The molecule has 0 fully saturated rings. The lowest BCUT2D eigenvalue weighted by molar-refractivity contribution is 0.968. The number of hydrogen-bond acceptors (Lipinski definition) is 3. The molecule has 0 unspecified atom stereocenters. The van der Waals surface area contributed by atoms with Gasteiger partial charge < -0.3 is 11.2 Å². The van der Waals surface area contributed by atoms with Gasteiger partial charge in [0.05, 0.1) is 0 Å². The summed E-state index contributed by atoms with van der Waals surface area (Å²) in [6, 6.07) is 0. The Bertz CT molecular complexity index is 124. The maximum Gasteiger partial charge on any atom is 0.0123 e. The molecule has 0 heterocycles. The van der Waals surface area contributed by atoms with Gasteiger partial charge in [0.2, 0.25) is 0 Å². The predicted octanol–water partition coefficient (Wildman–Crippen LogP) is -0.00800. The zero-order valence-electron chi connectivity index (χ0n) is 5.12. The molecule has 50 valence electrons. The van der Waals surface area contributed by atoms with Crippen LogP contribution in [0.25, 0.3) is 0 Å². The third-order valence-electron chi connectivity index (χ3n) is 0.637. The first-order chi connectivity index (χ1) is 4.41. The maximum absolute atomic E-state index is 5.05. The molecule has 5 N–H and O–H groups in total. The van der Waals surface area contributed by atoms with E-state index in [-0.39, 0.29) is 0 Å². The van der Waals surface area contributed by atoms with Crippen molar-refractivity contribution < 1.29 is 0 Å². The van der Waals surface area contributed by atoms with Crippen molar-refractivity contribution in [2.24, 2.45) is 11.6 Å². The predicted molar refractivity (Wildman–Crippen MR) is 38.9 cm³/mol. The Kier molecular flexibility index (Phi) is 5.86. The summed E-state index contributed by atoms with van der Waals surface area (Å²) in [5.74, 6) is 4.93. The molecular weight excluding hydrogens is 114 g/mol. The molecule has 0 radical (unpaired) electrons. The zero-order chi connectivity index (χ0) is 6.95. The van der Waals surface area contributed by atoms with E-state index < -0.39 is 0 Å².